The molecule has 1 aromatic carbocycles. The molecule has 0 heterocycles. The molecule has 0 aliphatic rings. The average molecular weight is 312 g/mol. The third kappa shape index (κ3) is 5.21. The first-order valence-electron chi connectivity index (χ1n) is 6.17. The van der Waals surface area contributed by atoms with Crippen molar-refractivity contribution in [1.29, 1.82) is 0 Å². The Morgan fingerprint density at radius 3 is 2.33 bits per heavy atom. The highest BCUT2D eigenvalue weighted by Gasteiger charge is 2.27. The molecular formula is C15H22BrNO. The normalized spacial score (nSPS) is 12.3. The van der Waals surface area contributed by atoms with Crippen molar-refractivity contribution in [1.82, 2.24) is 5.32 Å². The van der Waals surface area contributed by atoms with E-state index in [0.29, 0.717) is 5.56 Å². The average Bonchev–Trinajstić information content (AvgIpc) is 2.12. The first-order chi connectivity index (χ1) is 8.09. The van der Waals surface area contributed by atoms with E-state index in [2.05, 4.69) is 55.9 Å². The van der Waals surface area contributed by atoms with Crippen LogP contribution in [-0.4, -0.2) is 11.4 Å². The summed E-state index contributed by atoms with van der Waals surface area (Å²) in [4.78, 5) is 12.2. The molecule has 1 amide bonds. The van der Waals surface area contributed by atoms with Crippen LogP contribution in [-0.2, 0) is 0 Å². The number of amides is 1. The van der Waals surface area contributed by atoms with Gasteiger partial charge in [0, 0.05) is 15.6 Å². The third-order valence-corrected chi connectivity index (χ3v) is 3.00. The summed E-state index contributed by atoms with van der Waals surface area (Å²) in [5.74, 6) is -0.0226. The van der Waals surface area contributed by atoms with Gasteiger partial charge in [0.25, 0.3) is 5.91 Å². The summed E-state index contributed by atoms with van der Waals surface area (Å²) in [5, 5.41) is 3.10. The molecule has 0 atom stereocenters. The van der Waals surface area contributed by atoms with Crippen molar-refractivity contribution < 1.29 is 4.79 Å². The Morgan fingerprint density at radius 2 is 1.83 bits per heavy atom. The minimum atomic E-state index is -0.211. The van der Waals surface area contributed by atoms with Crippen LogP contribution in [0.1, 0.15) is 51.4 Å². The second-order valence-corrected chi connectivity index (χ2v) is 7.50. The SMILES string of the molecule is CC(C)(C)CC(C)(C)NC(=O)c1cccc(Br)c1. The molecule has 0 aromatic heterocycles. The van der Waals surface area contributed by atoms with Gasteiger partial charge in [0.15, 0.2) is 0 Å². The number of carbonyl (C=O) groups is 1. The monoisotopic (exact) mass is 311 g/mol. The Kier molecular flexibility index (Phi) is 4.60. The van der Waals surface area contributed by atoms with E-state index in [0.717, 1.165) is 10.9 Å². The summed E-state index contributed by atoms with van der Waals surface area (Å²) in [6.45, 7) is 10.7. The maximum atomic E-state index is 12.2. The summed E-state index contributed by atoms with van der Waals surface area (Å²) in [5.41, 5.74) is 0.664. The smallest absolute Gasteiger partial charge is 0.251 e. The lowest BCUT2D eigenvalue weighted by Crippen LogP contribution is -2.45. The lowest BCUT2D eigenvalue weighted by Gasteiger charge is -2.33. The number of carbonyl (C=O) groups excluding carboxylic acids is 1. The molecule has 1 N–H and O–H groups in total. The molecule has 1 rings (SSSR count). The van der Waals surface area contributed by atoms with Gasteiger partial charge in [-0.15, -0.1) is 0 Å². The van der Waals surface area contributed by atoms with E-state index in [1.807, 2.05) is 24.3 Å². The Balaban J connectivity index is 2.75. The Morgan fingerprint density at radius 1 is 1.22 bits per heavy atom. The zero-order chi connectivity index (χ0) is 14.0. The largest absolute Gasteiger partial charge is 0.347 e. The van der Waals surface area contributed by atoms with E-state index in [-0.39, 0.29) is 16.9 Å². The van der Waals surface area contributed by atoms with Crippen molar-refractivity contribution in [3.8, 4) is 0 Å². The predicted octanol–water partition coefficient (Wildman–Crippen LogP) is 4.39. The zero-order valence-corrected chi connectivity index (χ0v) is 13.4. The Hall–Kier alpha value is -0.830. The number of hydrogen-bond acceptors (Lipinski definition) is 1. The van der Waals surface area contributed by atoms with Gasteiger partial charge in [0.2, 0.25) is 0 Å². The fraction of sp³-hybridized carbons (Fsp3) is 0.533. The maximum absolute atomic E-state index is 12.2. The van der Waals surface area contributed by atoms with Gasteiger partial charge in [-0.2, -0.15) is 0 Å². The summed E-state index contributed by atoms with van der Waals surface area (Å²) < 4.78 is 0.920. The van der Waals surface area contributed by atoms with Crippen LogP contribution in [0.5, 0.6) is 0 Å². The fourth-order valence-corrected chi connectivity index (χ4v) is 2.78. The highest BCUT2D eigenvalue weighted by Crippen LogP contribution is 2.27. The summed E-state index contributed by atoms with van der Waals surface area (Å²) >= 11 is 3.38. The molecule has 3 heteroatoms. The van der Waals surface area contributed by atoms with Gasteiger partial charge in [0.1, 0.15) is 0 Å². The second-order valence-electron chi connectivity index (χ2n) is 6.59. The standard InChI is InChI=1S/C15H22BrNO/c1-14(2,3)10-15(4,5)17-13(18)11-7-6-8-12(16)9-11/h6-9H,10H2,1-5H3,(H,17,18). The summed E-state index contributed by atoms with van der Waals surface area (Å²) in [7, 11) is 0. The van der Waals surface area contributed by atoms with Crippen molar-refractivity contribution in [3.63, 3.8) is 0 Å². The summed E-state index contributed by atoms with van der Waals surface area (Å²) in [6.07, 6.45) is 0.930. The summed E-state index contributed by atoms with van der Waals surface area (Å²) in [6, 6.07) is 7.45. The Bertz CT molecular complexity index is 432. The molecule has 2 nitrogen and oxygen atoms in total. The number of halogens is 1. The van der Waals surface area contributed by atoms with Crippen LogP contribution in [0.2, 0.25) is 0 Å². The molecule has 0 spiro atoms. The van der Waals surface area contributed by atoms with E-state index in [1.54, 1.807) is 0 Å². The molecule has 0 aliphatic heterocycles. The predicted molar refractivity (Wildman–Crippen MR) is 79.8 cm³/mol. The van der Waals surface area contributed by atoms with E-state index in [4.69, 9.17) is 0 Å². The van der Waals surface area contributed by atoms with Gasteiger partial charge < -0.3 is 5.32 Å². The van der Waals surface area contributed by atoms with Gasteiger partial charge in [0.05, 0.1) is 0 Å². The fourth-order valence-electron chi connectivity index (χ4n) is 2.38. The molecule has 18 heavy (non-hydrogen) atoms. The van der Waals surface area contributed by atoms with Gasteiger partial charge in [-0.1, -0.05) is 42.8 Å². The maximum Gasteiger partial charge on any atom is 0.251 e. The minimum absolute atomic E-state index is 0.0226. The molecule has 1 aromatic rings. The first kappa shape index (κ1) is 15.2. The van der Waals surface area contributed by atoms with Crippen LogP contribution in [0.4, 0.5) is 0 Å². The van der Waals surface area contributed by atoms with E-state index in [9.17, 15) is 4.79 Å². The van der Waals surface area contributed by atoms with E-state index in [1.165, 1.54) is 0 Å². The van der Waals surface area contributed by atoms with E-state index >= 15 is 0 Å². The highest BCUT2D eigenvalue weighted by atomic mass is 79.9. The quantitative estimate of drug-likeness (QED) is 0.881. The number of nitrogens with one attached hydrogen (secondary N) is 1. The molecule has 0 aliphatic carbocycles. The lowest BCUT2D eigenvalue weighted by atomic mass is 9.81. The molecule has 0 radical (unpaired) electrons. The topological polar surface area (TPSA) is 29.1 Å². The highest BCUT2D eigenvalue weighted by molar-refractivity contribution is 9.10. The van der Waals surface area contributed by atoms with Crippen molar-refractivity contribution in [2.45, 2.75) is 46.6 Å². The molecule has 0 saturated heterocycles. The van der Waals surface area contributed by atoms with Crippen molar-refractivity contribution in [3.05, 3.63) is 34.3 Å². The Labute approximate surface area is 118 Å². The van der Waals surface area contributed by atoms with Crippen LogP contribution < -0.4 is 5.32 Å². The van der Waals surface area contributed by atoms with Crippen LogP contribution in [0.3, 0.4) is 0 Å². The molecule has 100 valence electrons. The van der Waals surface area contributed by atoms with Gasteiger partial charge in [-0.25, -0.2) is 0 Å². The molecule has 0 unspecified atom stereocenters. The van der Waals surface area contributed by atoms with Crippen molar-refractivity contribution in [2.24, 2.45) is 5.41 Å². The van der Waals surface area contributed by atoms with Crippen LogP contribution in [0, 0.1) is 5.41 Å². The third-order valence-electron chi connectivity index (χ3n) is 2.51. The van der Waals surface area contributed by atoms with Crippen LogP contribution >= 0.6 is 15.9 Å². The van der Waals surface area contributed by atoms with Gasteiger partial charge >= 0.3 is 0 Å². The second kappa shape index (κ2) is 5.43. The first-order valence-corrected chi connectivity index (χ1v) is 6.96. The molecular weight excluding hydrogens is 290 g/mol. The number of hydrogen-bond donors (Lipinski definition) is 1. The zero-order valence-electron chi connectivity index (χ0n) is 11.8. The van der Waals surface area contributed by atoms with Crippen LogP contribution in [0.25, 0.3) is 0 Å². The van der Waals surface area contributed by atoms with Crippen molar-refractivity contribution in [2.75, 3.05) is 0 Å². The number of rotatable bonds is 3. The van der Waals surface area contributed by atoms with E-state index < -0.39 is 0 Å². The molecule has 0 bridgehead atoms. The van der Waals surface area contributed by atoms with Gasteiger partial charge in [-0.05, 0) is 43.9 Å². The van der Waals surface area contributed by atoms with Crippen molar-refractivity contribution >= 4 is 21.8 Å². The lowest BCUT2D eigenvalue weighted by molar-refractivity contribution is 0.0891. The minimum Gasteiger partial charge on any atom is -0.347 e. The van der Waals surface area contributed by atoms with Gasteiger partial charge in [-0.3, -0.25) is 4.79 Å². The molecule has 0 fully saturated rings. The number of benzene rings is 1. The molecule has 0 saturated carbocycles. The van der Waals surface area contributed by atoms with Crippen LogP contribution in [0.15, 0.2) is 28.7 Å².